The second-order valence-corrected chi connectivity index (χ2v) is 9.71. The Morgan fingerprint density at radius 1 is 1.14 bits per heavy atom. The predicted octanol–water partition coefficient (Wildman–Crippen LogP) is 4.81. The summed E-state index contributed by atoms with van der Waals surface area (Å²) in [6.07, 6.45) is -3.63. The average Bonchev–Trinajstić information content (AvgIpc) is 2.85. The molecular formula is C24H21ClF3N3O5S. The van der Waals surface area contributed by atoms with Gasteiger partial charge < -0.3 is 9.84 Å². The number of rotatable bonds is 9. The second kappa shape index (κ2) is 11.5. The molecule has 0 bridgehead atoms. The fourth-order valence-corrected chi connectivity index (χ4v) is 4.81. The smallest absolute Gasteiger partial charge is 0.417 e. The van der Waals surface area contributed by atoms with Crippen molar-refractivity contribution in [1.82, 2.24) is 5.43 Å². The topological polar surface area (TPSA) is 108 Å². The van der Waals surface area contributed by atoms with Crippen LogP contribution >= 0.6 is 11.6 Å². The van der Waals surface area contributed by atoms with Crippen molar-refractivity contribution in [3.8, 4) is 11.5 Å². The first-order valence-corrected chi connectivity index (χ1v) is 12.5. The van der Waals surface area contributed by atoms with Crippen LogP contribution in [0.1, 0.15) is 18.1 Å². The number of hydrazone groups is 1. The summed E-state index contributed by atoms with van der Waals surface area (Å²) in [5, 5.41) is 12.9. The Balaban J connectivity index is 1.90. The molecule has 196 valence electrons. The molecule has 0 aliphatic heterocycles. The van der Waals surface area contributed by atoms with Gasteiger partial charge in [-0.2, -0.15) is 18.3 Å². The molecule has 3 rings (SSSR count). The number of carbonyl (C=O) groups is 1. The Morgan fingerprint density at radius 3 is 2.49 bits per heavy atom. The number of ether oxygens (including phenoxy) is 1. The Kier molecular flexibility index (Phi) is 8.66. The zero-order chi connectivity index (χ0) is 27.2. The fourth-order valence-electron chi connectivity index (χ4n) is 3.15. The standard InChI is InChI=1S/C24H21ClF3N3O5S/c1-2-36-22-12-16(8-11-21(22)32)14-29-30-23(33)15-31(37(34,35)18-6-4-3-5-7-18)17-9-10-20(25)19(13-17)24(26,27)28/h3-14,32H,2,15H2,1H3,(H,30,33)/b29-14-. The highest BCUT2D eigenvalue weighted by atomic mass is 35.5. The van der Waals surface area contributed by atoms with Crippen LogP contribution in [0.3, 0.4) is 0 Å². The van der Waals surface area contributed by atoms with Gasteiger partial charge in [0.2, 0.25) is 0 Å². The van der Waals surface area contributed by atoms with Crippen LogP contribution in [0.15, 0.2) is 76.7 Å². The van der Waals surface area contributed by atoms with Gasteiger partial charge in [-0.3, -0.25) is 9.10 Å². The molecule has 0 aliphatic rings. The molecule has 8 nitrogen and oxygen atoms in total. The van der Waals surface area contributed by atoms with E-state index >= 15 is 0 Å². The summed E-state index contributed by atoms with van der Waals surface area (Å²) in [5.74, 6) is -0.824. The molecule has 0 spiro atoms. The van der Waals surface area contributed by atoms with Gasteiger partial charge in [-0.05, 0) is 61.0 Å². The molecule has 0 saturated heterocycles. The second-order valence-electron chi connectivity index (χ2n) is 7.44. The van der Waals surface area contributed by atoms with E-state index in [9.17, 15) is 31.5 Å². The molecule has 2 N–H and O–H groups in total. The van der Waals surface area contributed by atoms with E-state index in [-0.39, 0.29) is 16.4 Å². The van der Waals surface area contributed by atoms with Crippen molar-refractivity contribution in [2.75, 3.05) is 17.5 Å². The van der Waals surface area contributed by atoms with E-state index in [1.54, 1.807) is 13.0 Å². The number of phenols is 1. The summed E-state index contributed by atoms with van der Waals surface area (Å²) in [6, 6.07) is 13.8. The maximum atomic E-state index is 13.4. The van der Waals surface area contributed by atoms with E-state index in [4.69, 9.17) is 16.3 Å². The minimum absolute atomic E-state index is 0.0917. The number of hydrogen-bond acceptors (Lipinski definition) is 6. The number of anilines is 1. The van der Waals surface area contributed by atoms with Gasteiger partial charge in [0, 0.05) is 0 Å². The van der Waals surface area contributed by atoms with Gasteiger partial charge >= 0.3 is 6.18 Å². The van der Waals surface area contributed by atoms with Crippen LogP contribution in [0.5, 0.6) is 11.5 Å². The lowest BCUT2D eigenvalue weighted by Gasteiger charge is -2.24. The molecule has 1 amide bonds. The van der Waals surface area contributed by atoms with Crippen molar-refractivity contribution >= 4 is 39.4 Å². The molecule has 0 aromatic heterocycles. The van der Waals surface area contributed by atoms with E-state index in [1.807, 2.05) is 0 Å². The minimum atomic E-state index is -4.85. The number of phenolic OH excluding ortho intramolecular Hbond substituents is 1. The van der Waals surface area contributed by atoms with E-state index in [0.717, 1.165) is 12.1 Å². The third-order valence-corrected chi connectivity index (χ3v) is 6.97. The third kappa shape index (κ3) is 6.92. The molecule has 0 atom stereocenters. The summed E-state index contributed by atoms with van der Waals surface area (Å²) in [5.41, 5.74) is 0.926. The number of amides is 1. The number of nitrogens with zero attached hydrogens (tertiary/aromatic N) is 2. The van der Waals surface area contributed by atoms with Crippen LogP contribution in [0.2, 0.25) is 5.02 Å². The molecule has 13 heteroatoms. The highest BCUT2D eigenvalue weighted by Gasteiger charge is 2.35. The van der Waals surface area contributed by atoms with Gasteiger partial charge in [-0.1, -0.05) is 29.8 Å². The van der Waals surface area contributed by atoms with Crippen molar-refractivity contribution in [3.63, 3.8) is 0 Å². The van der Waals surface area contributed by atoms with Crippen LogP contribution in [-0.2, 0) is 21.0 Å². The average molecular weight is 556 g/mol. The first kappa shape index (κ1) is 27.8. The van der Waals surface area contributed by atoms with E-state index in [1.165, 1.54) is 48.7 Å². The van der Waals surface area contributed by atoms with Crippen molar-refractivity contribution in [1.29, 1.82) is 0 Å². The maximum absolute atomic E-state index is 13.4. The lowest BCUT2D eigenvalue weighted by Crippen LogP contribution is -2.39. The molecular weight excluding hydrogens is 535 g/mol. The number of carbonyl (C=O) groups excluding carboxylic acids is 1. The van der Waals surface area contributed by atoms with Crippen molar-refractivity contribution in [2.24, 2.45) is 5.10 Å². The summed E-state index contributed by atoms with van der Waals surface area (Å²) in [7, 11) is -4.45. The quantitative estimate of drug-likeness (QED) is 0.291. The van der Waals surface area contributed by atoms with Crippen LogP contribution in [0, 0.1) is 0 Å². The van der Waals surface area contributed by atoms with Gasteiger partial charge in [0.1, 0.15) is 6.54 Å². The lowest BCUT2D eigenvalue weighted by molar-refractivity contribution is -0.137. The van der Waals surface area contributed by atoms with E-state index < -0.39 is 44.9 Å². The van der Waals surface area contributed by atoms with Gasteiger partial charge in [-0.25, -0.2) is 13.8 Å². The summed E-state index contributed by atoms with van der Waals surface area (Å²) in [6.45, 7) is 1.15. The fraction of sp³-hybridized carbons (Fsp3) is 0.167. The molecule has 37 heavy (non-hydrogen) atoms. The molecule has 0 heterocycles. The molecule has 0 fully saturated rings. The molecule has 0 unspecified atom stereocenters. The van der Waals surface area contributed by atoms with Crippen LogP contribution in [0.25, 0.3) is 0 Å². The largest absolute Gasteiger partial charge is 0.504 e. The van der Waals surface area contributed by atoms with Gasteiger partial charge in [0.25, 0.3) is 15.9 Å². The van der Waals surface area contributed by atoms with Crippen LogP contribution < -0.4 is 14.5 Å². The molecule has 0 saturated carbocycles. The first-order valence-electron chi connectivity index (χ1n) is 10.7. The first-order chi connectivity index (χ1) is 17.4. The minimum Gasteiger partial charge on any atom is -0.504 e. The highest BCUT2D eigenvalue weighted by Crippen LogP contribution is 2.38. The molecule has 3 aromatic rings. The number of nitrogens with one attached hydrogen (secondary N) is 1. The summed E-state index contributed by atoms with van der Waals surface area (Å²) >= 11 is 5.68. The highest BCUT2D eigenvalue weighted by molar-refractivity contribution is 7.92. The van der Waals surface area contributed by atoms with Crippen molar-refractivity contribution < 1.29 is 36.2 Å². The van der Waals surface area contributed by atoms with Crippen molar-refractivity contribution in [3.05, 3.63) is 82.9 Å². The molecule has 0 aliphatic carbocycles. The lowest BCUT2D eigenvalue weighted by atomic mass is 10.2. The van der Waals surface area contributed by atoms with Gasteiger partial charge in [-0.15, -0.1) is 0 Å². The predicted molar refractivity (Wildman–Crippen MR) is 132 cm³/mol. The normalized spacial score (nSPS) is 11.9. The number of aromatic hydroxyl groups is 1. The zero-order valence-corrected chi connectivity index (χ0v) is 20.8. The molecule has 3 aromatic carbocycles. The molecule has 0 radical (unpaired) electrons. The SMILES string of the molecule is CCOc1cc(/C=N\NC(=O)CN(c2ccc(Cl)c(C(F)(F)F)c2)S(=O)(=O)c2ccccc2)ccc1O. The monoisotopic (exact) mass is 555 g/mol. The Hall–Kier alpha value is -3.77. The summed E-state index contributed by atoms with van der Waals surface area (Å²) < 4.78 is 72.7. The van der Waals surface area contributed by atoms with Crippen LogP contribution in [0.4, 0.5) is 18.9 Å². The number of alkyl halides is 3. The Bertz CT molecular complexity index is 1400. The van der Waals surface area contributed by atoms with Gasteiger partial charge in [0.15, 0.2) is 11.5 Å². The zero-order valence-electron chi connectivity index (χ0n) is 19.2. The number of sulfonamides is 1. The maximum Gasteiger partial charge on any atom is 0.417 e. The number of halogens is 4. The van der Waals surface area contributed by atoms with Crippen LogP contribution in [-0.4, -0.2) is 38.8 Å². The summed E-state index contributed by atoms with van der Waals surface area (Å²) in [4.78, 5) is 12.4. The Labute approximate surface area is 216 Å². The Morgan fingerprint density at radius 2 is 1.84 bits per heavy atom. The number of hydrogen-bond donors (Lipinski definition) is 2. The third-order valence-electron chi connectivity index (χ3n) is 4.85. The van der Waals surface area contributed by atoms with Gasteiger partial charge in [0.05, 0.1) is 34.0 Å². The number of benzene rings is 3. The van der Waals surface area contributed by atoms with Crippen molar-refractivity contribution in [2.45, 2.75) is 18.0 Å². The van der Waals surface area contributed by atoms with E-state index in [2.05, 4.69) is 10.5 Å². The van der Waals surface area contributed by atoms with E-state index in [0.29, 0.717) is 22.5 Å².